The Bertz CT molecular complexity index is 706. The fraction of sp³-hybridized carbons (Fsp3) is 0.450. The summed E-state index contributed by atoms with van der Waals surface area (Å²) in [5.41, 5.74) is 3.58. The topological polar surface area (TPSA) is 32.3 Å². The van der Waals surface area contributed by atoms with Gasteiger partial charge in [-0.25, -0.2) is 0 Å². The van der Waals surface area contributed by atoms with Crippen molar-refractivity contribution in [1.82, 2.24) is 10.2 Å². The Morgan fingerprint density at radius 1 is 1.17 bits per heavy atom. The number of carbonyl (C=O) groups excluding carboxylic acids is 1. The number of carbonyl (C=O) groups is 1. The molecule has 1 saturated carbocycles. The van der Waals surface area contributed by atoms with Crippen LogP contribution in [0.1, 0.15) is 45.6 Å². The fourth-order valence-corrected chi connectivity index (χ4v) is 4.33. The maximum atomic E-state index is 12.4. The lowest BCUT2D eigenvalue weighted by Gasteiger charge is -2.36. The second-order valence-electron chi connectivity index (χ2n) is 6.87. The molecule has 0 spiro atoms. The third-order valence-electron chi connectivity index (χ3n) is 5.40. The highest BCUT2D eigenvalue weighted by Crippen LogP contribution is 2.27. The van der Waals surface area contributed by atoms with Crippen LogP contribution in [0.25, 0.3) is 0 Å². The molecule has 1 aliphatic carbocycles. The van der Waals surface area contributed by atoms with Crippen LogP contribution in [0.15, 0.2) is 35.7 Å². The van der Waals surface area contributed by atoms with E-state index in [1.54, 1.807) is 11.3 Å². The van der Waals surface area contributed by atoms with Crippen LogP contribution in [0.3, 0.4) is 0 Å². The standard InChI is InChI=1S/C20H24N2OS/c23-20(21-14-19-5-2-12-24-19)17-7-6-15-8-10-22(18-3-1-4-18)11-9-16(15)13-17/h2,5-7,12-13,18H,1,3-4,8-11,14H2,(H,21,23). The van der Waals surface area contributed by atoms with Gasteiger partial charge < -0.3 is 5.32 Å². The highest BCUT2D eigenvalue weighted by molar-refractivity contribution is 7.09. The van der Waals surface area contributed by atoms with E-state index in [1.165, 1.54) is 41.8 Å². The molecule has 1 fully saturated rings. The molecular formula is C20H24N2OS. The van der Waals surface area contributed by atoms with Gasteiger partial charge in [0.1, 0.15) is 0 Å². The zero-order valence-electron chi connectivity index (χ0n) is 14.0. The summed E-state index contributed by atoms with van der Waals surface area (Å²) >= 11 is 1.68. The van der Waals surface area contributed by atoms with E-state index >= 15 is 0 Å². The number of nitrogens with zero attached hydrogens (tertiary/aromatic N) is 1. The highest BCUT2D eigenvalue weighted by Gasteiger charge is 2.26. The van der Waals surface area contributed by atoms with E-state index in [0.717, 1.165) is 31.0 Å². The van der Waals surface area contributed by atoms with Gasteiger partial charge in [0.2, 0.25) is 0 Å². The van der Waals surface area contributed by atoms with Gasteiger partial charge in [-0.3, -0.25) is 9.69 Å². The minimum absolute atomic E-state index is 0.0336. The van der Waals surface area contributed by atoms with E-state index in [2.05, 4.69) is 28.4 Å². The first-order chi connectivity index (χ1) is 11.8. The summed E-state index contributed by atoms with van der Waals surface area (Å²) < 4.78 is 0. The molecule has 2 heterocycles. The Hall–Kier alpha value is -1.65. The van der Waals surface area contributed by atoms with E-state index < -0.39 is 0 Å². The van der Waals surface area contributed by atoms with Crippen molar-refractivity contribution in [3.63, 3.8) is 0 Å². The predicted molar refractivity (Wildman–Crippen MR) is 98.6 cm³/mol. The lowest BCUT2D eigenvalue weighted by atomic mass is 9.91. The first-order valence-electron chi connectivity index (χ1n) is 8.96. The van der Waals surface area contributed by atoms with E-state index in [1.807, 2.05) is 17.5 Å². The number of hydrogen-bond donors (Lipinski definition) is 1. The minimum atomic E-state index is 0.0336. The van der Waals surface area contributed by atoms with Crippen molar-refractivity contribution in [1.29, 1.82) is 0 Å². The van der Waals surface area contributed by atoms with Crippen molar-refractivity contribution in [2.75, 3.05) is 13.1 Å². The van der Waals surface area contributed by atoms with Gasteiger partial charge in [0.05, 0.1) is 6.54 Å². The smallest absolute Gasteiger partial charge is 0.251 e. The number of benzene rings is 1. The van der Waals surface area contributed by atoms with Crippen molar-refractivity contribution >= 4 is 17.2 Å². The second-order valence-corrected chi connectivity index (χ2v) is 7.90. The van der Waals surface area contributed by atoms with Crippen LogP contribution in [0.5, 0.6) is 0 Å². The molecule has 0 saturated heterocycles. The monoisotopic (exact) mass is 340 g/mol. The van der Waals surface area contributed by atoms with Gasteiger partial charge >= 0.3 is 0 Å². The molecule has 1 aromatic carbocycles. The summed E-state index contributed by atoms with van der Waals surface area (Å²) in [7, 11) is 0. The summed E-state index contributed by atoms with van der Waals surface area (Å²) in [6.45, 7) is 2.92. The maximum Gasteiger partial charge on any atom is 0.251 e. The number of hydrogen-bond acceptors (Lipinski definition) is 3. The van der Waals surface area contributed by atoms with Gasteiger partial charge in [-0.05, 0) is 60.4 Å². The zero-order valence-corrected chi connectivity index (χ0v) is 14.8. The lowest BCUT2D eigenvalue weighted by molar-refractivity contribution is 0.0951. The first kappa shape index (κ1) is 15.9. The summed E-state index contributed by atoms with van der Waals surface area (Å²) in [5, 5.41) is 5.07. The van der Waals surface area contributed by atoms with Crippen LogP contribution >= 0.6 is 11.3 Å². The number of rotatable bonds is 4. The molecule has 1 amide bonds. The van der Waals surface area contributed by atoms with Crippen molar-refractivity contribution < 1.29 is 4.79 Å². The molecule has 0 bridgehead atoms. The van der Waals surface area contributed by atoms with Gasteiger partial charge in [-0.1, -0.05) is 18.6 Å². The Morgan fingerprint density at radius 3 is 2.71 bits per heavy atom. The number of amides is 1. The van der Waals surface area contributed by atoms with Gasteiger partial charge in [0, 0.05) is 29.6 Å². The minimum Gasteiger partial charge on any atom is -0.347 e. The summed E-state index contributed by atoms with van der Waals surface area (Å²) in [4.78, 5) is 16.3. The largest absolute Gasteiger partial charge is 0.347 e. The molecule has 0 unspecified atom stereocenters. The van der Waals surface area contributed by atoms with Gasteiger partial charge in [-0.15, -0.1) is 11.3 Å². The number of thiophene rings is 1. The zero-order chi connectivity index (χ0) is 16.4. The average Bonchev–Trinajstić information content (AvgIpc) is 2.99. The fourth-order valence-electron chi connectivity index (χ4n) is 3.68. The van der Waals surface area contributed by atoms with Crippen molar-refractivity contribution in [3.05, 3.63) is 57.3 Å². The van der Waals surface area contributed by atoms with Crippen LogP contribution in [0.4, 0.5) is 0 Å². The van der Waals surface area contributed by atoms with E-state index in [9.17, 15) is 4.79 Å². The van der Waals surface area contributed by atoms with Crippen molar-refractivity contribution in [2.24, 2.45) is 0 Å². The predicted octanol–water partition coefficient (Wildman–Crippen LogP) is 3.63. The Kier molecular flexibility index (Phi) is 4.67. The summed E-state index contributed by atoms with van der Waals surface area (Å²) in [6.07, 6.45) is 6.31. The van der Waals surface area contributed by atoms with Crippen LogP contribution in [-0.2, 0) is 19.4 Å². The highest BCUT2D eigenvalue weighted by atomic mass is 32.1. The molecule has 2 aromatic rings. The third kappa shape index (κ3) is 3.40. The normalized spacial score (nSPS) is 18.5. The van der Waals surface area contributed by atoms with E-state index in [0.29, 0.717) is 6.54 Å². The van der Waals surface area contributed by atoms with E-state index in [-0.39, 0.29) is 5.91 Å². The quantitative estimate of drug-likeness (QED) is 0.922. The van der Waals surface area contributed by atoms with Gasteiger partial charge in [0.25, 0.3) is 5.91 Å². The molecule has 4 heteroatoms. The molecule has 4 rings (SSSR count). The summed E-state index contributed by atoms with van der Waals surface area (Å²) in [6, 6.07) is 11.2. The van der Waals surface area contributed by atoms with Crippen molar-refractivity contribution in [2.45, 2.75) is 44.7 Å². The molecule has 1 aliphatic heterocycles. The molecular weight excluding hydrogens is 316 g/mol. The van der Waals surface area contributed by atoms with Crippen molar-refractivity contribution in [3.8, 4) is 0 Å². The molecule has 1 aromatic heterocycles. The molecule has 126 valence electrons. The first-order valence-corrected chi connectivity index (χ1v) is 9.84. The molecule has 24 heavy (non-hydrogen) atoms. The van der Waals surface area contributed by atoms with E-state index in [4.69, 9.17) is 0 Å². The molecule has 1 N–H and O–H groups in total. The third-order valence-corrected chi connectivity index (χ3v) is 6.28. The second kappa shape index (κ2) is 7.08. The average molecular weight is 340 g/mol. The summed E-state index contributed by atoms with van der Waals surface area (Å²) in [5.74, 6) is 0.0336. The van der Waals surface area contributed by atoms with Crippen LogP contribution in [0, 0.1) is 0 Å². The molecule has 0 radical (unpaired) electrons. The SMILES string of the molecule is O=C(NCc1cccs1)c1ccc2c(c1)CCN(C1CCC1)CC2. The maximum absolute atomic E-state index is 12.4. The van der Waals surface area contributed by atoms with Crippen LogP contribution < -0.4 is 5.32 Å². The number of nitrogens with one attached hydrogen (secondary N) is 1. The lowest BCUT2D eigenvalue weighted by Crippen LogP contribution is -2.41. The van der Waals surface area contributed by atoms with Gasteiger partial charge in [0.15, 0.2) is 0 Å². The Balaban J connectivity index is 1.41. The van der Waals surface area contributed by atoms with Crippen LogP contribution in [0.2, 0.25) is 0 Å². The van der Waals surface area contributed by atoms with Crippen LogP contribution in [-0.4, -0.2) is 29.9 Å². The Morgan fingerprint density at radius 2 is 2.00 bits per heavy atom. The molecule has 3 nitrogen and oxygen atoms in total. The molecule has 0 atom stereocenters. The van der Waals surface area contributed by atoms with Gasteiger partial charge in [-0.2, -0.15) is 0 Å². The molecule has 2 aliphatic rings. The Labute approximate surface area is 147 Å². The number of fused-ring (bicyclic) bond motifs is 1.